The number of rotatable bonds is 0. The van der Waals surface area contributed by atoms with E-state index >= 15 is 0 Å². The summed E-state index contributed by atoms with van der Waals surface area (Å²) in [5, 5.41) is 10.2. The molecule has 0 unspecified atom stereocenters. The zero-order chi connectivity index (χ0) is 11.0. The highest BCUT2D eigenvalue weighted by atomic mass is 16.5. The van der Waals surface area contributed by atoms with E-state index in [0.29, 0.717) is 5.75 Å². The maximum Gasteiger partial charge on any atom is 0.169 e. The van der Waals surface area contributed by atoms with Gasteiger partial charge in [-0.3, -0.25) is 9.98 Å². The van der Waals surface area contributed by atoms with Gasteiger partial charge in [-0.25, -0.2) is 0 Å². The first-order valence-electron chi connectivity index (χ1n) is 4.82. The summed E-state index contributed by atoms with van der Waals surface area (Å²) in [6, 6.07) is 7.35. The Morgan fingerprint density at radius 2 is 2.12 bits per heavy atom. The highest BCUT2D eigenvalue weighted by Gasteiger charge is 2.09. The minimum absolute atomic E-state index is 0.0144. The summed E-state index contributed by atoms with van der Waals surface area (Å²) in [6.45, 7) is 0. The van der Waals surface area contributed by atoms with Gasteiger partial charge in [0.15, 0.2) is 5.76 Å². The SMILES string of the molecule is O/C1=C/Oc2cccc3nccc(c23)N=C1. The normalized spacial score (nSPS) is 17.1. The number of hydrogen-bond donors (Lipinski definition) is 1. The van der Waals surface area contributed by atoms with Crippen LogP contribution in [0.5, 0.6) is 5.75 Å². The fraction of sp³-hybridized carbons (Fsp3) is 0. The van der Waals surface area contributed by atoms with E-state index in [1.807, 2.05) is 18.2 Å². The topological polar surface area (TPSA) is 54.7 Å². The number of aliphatic hydroxyl groups excluding tert-OH is 1. The summed E-state index contributed by atoms with van der Waals surface area (Å²) in [4.78, 5) is 8.42. The monoisotopic (exact) mass is 212 g/mol. The van der Waals surface area contributed by atoms with Gasteiger partial charge in [0, 0.05) is 6.20 Å². The van der Waals surface area contributed by atoms with Crippen LogP contribution in [0.15, 0.2) is 47.5 Å². The molecule has 3 rings (SSSR count). The molecule has 2 aromatic rings. The minimum atomic E-state index is -0.0144. The molecule has 0 amide bonds. The zero-order valence-electron chi connectivity index (χ0n) is 8.29. The van der Waals surface area contributed by atoms with Crippen molar-refractivity contribution in [2.45, 2.75) is 0 Å². The summed E-state index contributed by atoms with van der Waals surface area (Å²) in [7, 11) is 0. The third-order valence-electron chi connectivity index (χ3n) is 2.35. The van der Waals surface area contributed by atoms with Crippen molar-refractivity contribution in [3.63, 3.8) is 0 Å². The Morgan fingerprint density at radius 3 is 3.06 bits per heavy atom. The summed E-state index contributed by atoms with van der Waals surface area (Å²) in [5.74, 6) is 0.628. The molecular weight excluding hydrogens is 204 g/mol. The Morgan fingerprint density at radius 1 is 1.19 bits per heavy atom. The molecule has 0 bridgehead atoms. The average Bonchev–Trinajstić information content (AvgIpc) is 2.31. The van der Waals surface area contributed by atoms with Gasteiger partial charge >= 0.3 is 0 Å². The fourth-order valence-electron chi connectivity index (χ4n) is 1.65. The van der Waals surface area contributed by atoms with Crippen molar-refractivity contribution in [2.24, 2.45) is 4.99 Å². The van der Waals surface area contributed by atoms with Crippen LogP contribution in [-0.2, 0) is 0 Å². The van der Waals surface area contributed by atoms with Crippen LogP contribution in [0.1, 0.15) is 0 Å². The molecule has 1 aromatic carbocycles. The molecule has 1 aliphatic heterocycles. The third kappa shape index (κ3) is 1.32. The Bertz CT molecular complexity index is 612. The molecule has 2 heterocycles. The van der Waals surface area contributed by atoms with Crippen molar-refractivity contribution >= 4 is 22.8 Å². The molecule has 1 aliphatic rings. The maximum atomic E-state index is 9.37. The van der Waals surface area contributed by atoms with Crippen molar-refractivity contribution in [2.75, 3.05) is 0 Å². The first-order chi connectivity index (χ1) is 7.84. The number of pyridine rings is 1. The van der Waals surface area contributed by atoms with Gasteiger partial charge in [0.05, 0.1) is 22.8 Å². The summed E-state index contributed by atoms with van der Waals surface area (Å²) >= 11 is 0. The molecule has 0 aliphatic carbocycles. The van der Waals surface area contributed by atoms with E-state index in [0.717, 1.165) is 16.6 Å². The van der Waals surface area contributed by atoms with Crippen LogP contribution in [0, 0.1) is 0 Å². The summed E-state index contributed by atoms with van der Waals surface area (Å²) in [5.41, 5.74) is 1.56. The van der Waals surface area contributed by atoms with Gasteiger partial charge in [0.25, 0.3) is 0 Å². The number of allylic oxidation sites excluding steroid dienone is 1. The molecule has 0 atom stereocenters. The maximum absolute atomic E-state index is 9.37. The van der Waals surface area contributed by atoms with E-state index in [1.165, 1.54) is 12.5 Å². The number of aliphatic imine (C=N–C) groups is 1. The summed E-state index contributed by atoms with van der Waals surface area (Å²) in [6.07, 6.45) is 4.29. The van der Waals surface area contributed by atoms with Crippen LogP contribution < -0.4 is 4.74 Å². The van der Waals surface area contributed by atoms with Crippen molar-refractivity contribution in [3.05, 3.63) is 42.5 Å². The molecule has 78 valence electrons. The molecule has 4 nitrogen and oxygen atoms in total. The molecule has 0 fully saturated rings. The Kier molecular flexibility index (Phi) is 1.86. The zero-order valence-corrected chi connectivity index (χ0v) is 8.29. The third-order valence-corrected chi connectivity index (χ3v) is 2.35. The van der Waals surface area contributed by atoms with Crippen LogP contribution in [-0.4, -0.2) is 16.3 Å². The lowest BCUT2D eigenvalue weighted by Crippen LogP contribution is -1.93. The largest absolute Gasteiger partial charge is 0.504 e. The van der Waals surface area contributed by atoms with Gasteiger partial charge in [-0.2, -0.15) is 0 Å². The molecule has 4 heteroatoms. The number of nitrogens with zero attached hydrogens (tertiary/aromatic N) is 2. The second-order valence-electron chi connectivity index (χ2n) is 3.40. The number of aliphatic hydroxyl groups is 1. The molecular formula is C12H8N2O2. The van der Waals surface area contributed by atoms with E-state index in [2.05, 4.69) is 9.98 Å². The predicted molar refractivity (Wildman–Crippen MR) is 61.2 cm³/mol. The summed E-state index contributed by atoms with van der Waals surface area (Å²) < 4.78 is 5.37. The lowest BCUT2D eigenvalue weighted by molar-refractivity contribution is 0.396. The van der Waals surface area contributed by atoms with Gasteiger partial charge in [-0.1, -0.05) is 6.07 Å². The van der Waals surface area contributed by atoms with Crippen molar-refractivity contribution in [3.8, 4) is 5.75 Å². The second kappa shape index (κ2) is 3.34. The number of ether oxygens (including phenoxy) is 1. The standard InChI is InChI=1S/C12H8N2O2/c15-8-6-14-10-4-5-13-9-2-1-3-11(12(9)10)16-7-8/h1-7,15H/b8-7+,14-6?. The van der Waals surface area contributed by atoms with Crippen molar-refractivity contribution in [1.82, 2.24) is 4.98 Å². The fourth-order valence-corrected chi connectivity index (χ4v) is 1.65. The lowest BCUT2D eigenvalue weighted by Gasteiger charge is -2.09. The number of benzene rings is 1. The van der Waals surface area contributed by atoms with E-state index in [4.69, 9.17) is 4.74 Å². The first kappa shape index (κ1) is 8.91. The first-order valence-corrected chi connectivity index (χ1v) is 4.82. The Labute approximate surface area is 91.5 Å². The Hall–Kier alpha value is -2.36. The van der Waals surface area contributed by atoms with Crippen LogP contribution in [0.2, 0.25) is 0 Å². The quantitative estimate of drug-likeness (QED) is 0.730. The second-order valence-corrected chi connectivity index (χ2v) is 3.40. The van der Waals surface area contributed by atoms with Gasteiger partial charge in [-0.15, -0.1) is 0 Å². The molecule has 0 radical (unpaired) electrons. The van der Waals surface area contributed by atoms with Crippen molar-refractivity contribution < 1.29 is 9.84 Å². The van der Waals surface area contributed by atoms with Crippen LogP contribution in [0.3, 0.4) is 0 Å². The minimum Gasteiger partial charge on any atom is -0.504 e. The number of hydrogen-bond acceptors (Lipinski definition) is 4. The van der Waals surface area contributed by atoms with E-state index in [-0.39, 0.29) is 5.76 Å². The smallest absolute Gasteiger partial charge is 0.169 e. The molecule has 1 aromatic heterocycles. The van der Waals surface area contributed by atoms with E-state index in [9.17, 15) is 5.11 Å². The van der Waals surface area contributed by atoms with Crippen LogP contribution >= 0.6 is 0 Å². The van der Waals surface area contributed by atoms with E-state index < -0.39 is 0 Å². The molecule has 1 N–H and O–H groups in total. The van der Waals surface area contributed by atoms with Gasteiger partial charge in [0.2, 0.25) is 0 Å². The molecule has 16 heavy (non-hydrogen) atoms. The van der Waals surface area contributed by atoms with Gasteiger partial charge < -0.3 is 9.84 Å². The highest BCUT2D eigenvalue weighted by molar-refractivity contribution is 5.97. The lowest BCUT2D eigenvalue weighted by atomic mass is 10.1. The average molecular weight is 212 g/mol. The molecule has 0 spiro atoms. The van der Waals surface area contributed by atoms with E-state index in [1.54, 1.807) is 12.3 Å². The van der Waals surface area contributed by atoms with Gasteiger partial charge in [0.1, 0.15) is 12.0 Å². The number of aromatic nitrogens is 1. The Balaban J connectivity index is 2.39. The molecule has 0 saturated carbocycles. The van der Waals surface area contributed by atoms with Crippen molar-refractivity contribution in [1.29, 1.82) is 0 Å². The molecule has 0 saturated heterocycles. The predicted octanol–water partition coefficient (Wildman–Crippen LogP) is 2.73. The highest BCUT2D eigenvalue weighted by Crippen LogP contribution is 2.33. The van der Waals surface area contributed by atoms with Crippen LogP contribution in [0.4, 0.5) is 5.69 Å². The van der Waals surface area contributed by atoms with Crippen LogP contribution in [0.25, 0.3) is 10.9 Å². The van der Waals surface area contributed by atoms with Gasteiger partial charge in [-0.05, 0) is 18.2 Å².